The van der Waals surface area contributed by atoms with Crippen molar-refractivity contribution in [2.24, 2.45) is 0 Å². The number of hydrogen-bond donors (Lipinski definition) is 0. The SMILES string of the molecule is [BH3-]C(=O)C(F)(F)F.[Na+]. The number of hydrogen-bond acceptors (Lipinski definition) is 1. The first-order valence-electron chi connectivity index (χ1n) is 1.02. The first-order valence-corrected chi connectivity index (χ1v) is 1.02. The van der Waals surface area contributed by atoms with Gasteiger partial charge in [-0.1, -0.05) is 0 Å². The zero-order valence-corrected chi connectivity index (χ0v) is 5.54. The van der Waals surface area contributed by atoms with Gasteiger partial charge in [0.2, 0.25) is 0 Å². The first kappa shape index (κ1) is 11.3. The molecule has 1 nitrogen and oxygen atoms in total. The molecule has 0 fully saturated rings. The Morgan fingerprint density at radius 2 is 1.50 bits per heavy atom. The summed E-state index contributed by atoms with van der Waals surface area (Å²) in [4.78, 5) is 9.45. The molecule has 42 valence electrons. The second-order valence-corrected chi connectivity index (χ2v) is 0.600. The molecule has 0 spiro atoms. The maximum absolute atomic E-state index is 10.9. The maximum Gasteiger partial charge on any atom is 1.00 e. The van der Waals surface area contributed by atoms with Gasteiger partial charge in [0.25, 0.3) is 0 Å². The minimum atomic E-state index is -4.53. The van der Waals surface area contributed by atoms with E-state index in [9.17, 15) is 18.0 Å². The molecule has 0 aromatic heterocycles. The molecular formula is C2H3BF3NaO. The van der Waals surface area contributed by atoms with Crippen molar-refractivity contribution >= 4 is 13.5 Å². The van der Waals surface area contributed by atoms with Crippen LogP contribution in [0.2, 0.25) is 0 Å². The van der Waals surface area contributed by atoms with Crippen molar-refractivity contribution < 1.29 is 47.5 Å². The summed E-state index contributed by atoms with van der Waals surface area (Å²) < 4.78 is 32.7. The van der Waals surface area contributed by atoms with Gasteiger partial charge < -0.3 is 4.79 Å². The molecule has 0 heterocycles. The van der Waals surface area contributed by atoms with E-state index in [1.807, 2.05) is 0 Å². The predicted molar refractivity (Wildman–Crippen MR) is 21.0 cm³/mol. The van der Waals surface area contributed by atoms with Crippen molar-refractivity contribution in [3.8, 4) is 0 Å². The second-order valence-electron chi connectivity index (χ2n) is 0.600. The van der Waals surface area contributed by atoms with E-state index < -0.39 is 19.7 Å². The summed E-state index contributed by atoms with van der Waals surface area (Å²) in [6.07, 6.45) is -4.53. The zero-order chi connectivity index (χ0) is 6.08. The summed E-state index contributed by atoms with van der Waals surface area (Å²) >= 11 is 0. The van der Waals surface area contributed by atoms with Crippen LogP contribution in [0.5, 0.6) is 0 Å². The quantitative estimate of drug-likeness (QED) is 0.313. The molecule has 0 amide bonds. The van der Waals surface area contributed by atoms with E-state index in [1.54, 1.807) is 0 Å². The van der Waals surface area contributed by atoms with Gasteiger partial charge in [0.1, 0.15) is 0 Å². The second kappa shape index (κ2) is 3.53. The Hall–Kier alpha value is 0.525. The predicted octanol–water partition coefficient (Wildman–Crippen LogP) is -3.56. The van der Waals surface area contributed by atoms with Crippen LogP contribution in [0.25, 0.3) is 0 Å². The third-order valence-corrected chi connectivity index (χ3v) is 0.116. The number of alkyl halides is 3. The van der Waals surface area contributed by atoms with Crippen LogP contribution < -0.4 is 29.6 Å². The molecule has 0 aromatic carbocycles. The molecular weight excluding hydrogens is 131 g/mol. The van der Waals surface area contributed by atoms with Gasteiger partial charge in [0.15, 0.2) is 0 Å². The molecule has 0 aliphatic heterocycles. The summed E-state index contributed by atoms with van der Waals surface area (Å²) in [5.41, 5.74) is -1.51. The molecule has 0 aromatic rings. The Bertz CT molecular complexity index is 89.8. The fraction of sp³-hybridized carbons (Fsp3) is 0.500. The molecule has 6 heteroatoms. The molecule has 0 radical (unpaired) electrons. The Kier molecular flexibility index (Phi) is 5.00. The van der Waals surface area contributed by atoms with Crippen LogP contribution in [0.1, 0.15) is 0 Å². The minimum Gasteiger partial charge on any atom is -0.338 e. The molecule has 0 bridgehead atoms. The Morgan fingerprint density at radius 1 is 1.38 bits per heavy atom. The first-order chi connectivity index (χ1) is 2.94. The van der Waals surface area contributed by atoms with Crippen molar-refractivity contribution in [1.82, 2.24) is 0 Å². The zero-order valence-electron chi connectivity index (χ0n) is 3.54. The minimum absolute atomic E-state index is 0. The molecule has 8 heavy (non-hydrogen) atoms. The number of rotatable bonds is 0. The summed E-state index contributed by atoms with van der Waals surface area (Å²) in [5.74, 6) is 0. The summed E-state index contributed by atoms with van der Waals surface area (Å²) in [6, 6.07) is 0. The van der Waals surface area contributed by atoms with Crippen LogP contribution >= 0.6 is 0 Å². The summed E-state index contributed by atoms with van der Waals surface area (Å²) in [5, 5.41) is 0. The van der Waals surface area contributed by atoms with Gasteiger partial charge in [0, 0.05) is 7.85 Å². The Balaban J connectivity index is 0. The monoisotopic (exact) mass is 134 g/mol. The number of carbonyl (C=O) groups is 1. The van der Waals surface area contributed by atoms with Gasteiger partial charge in [-0.25, -0.2) is 0 Å². The fourth-order valence-electron chi connectivity index (χ4n) is 0. The van der Waals surface area contributed by atoms with Crippen LogP contribution in [0.4, 0.5) is 13.2 Å². The van der Waals surface area contributed by atoms with Gasteiger partial charge in [0.05, 0.1) is 5.68 Å². The maximum atomic E-state index is 10.9. The van der Waals surface area contributed by atoms with Crippen molar-refractivity contribution in [1.29, 1.82) is 0 Å². The third kappa shape index (κ3) is 4.68. The van der Waals surface area contributed by atoms with Gasteiger partial charge in [-0.3, -0.25) is 0 Å². The smallest absolute Gasteiger partial charge is 0.338 e. The van der Waals surface area contributed by atoms with E-state index in [1.165, 1.54) is 0 Å². The molecule has 0 aliphatic carbocycles. The van der Waals surface area contributed by atoms with E-state index in [0.717, 1.165) is 0 Å². The van der Waals surface area contributed by atoms with Gasteiger partial charge in [-0.15, -0.1) is 0 Å². The van der Waals surface area contributed by atoms with E-state index in [2.05, 4.69) is 0 Å². The number of carbonyl (C=O) groups excluding carboxylic acids is 1. The molecule has 0 aliphatic rings. The van der Waals surface area contributed by atoms with Crippen molar-refractivity contribution in [3.63, 3.8) is 0 Å². The average molecular weight is 134 g/mol. The molecule has 0 saturated heterocycles. The van der Waals surface area contributed by atoms with Crippen LogP contribution in [-0.2, 0) is 4.79 Å². The van der Waals surface area contributed by atoms with Crippen LogP contribution in [0.15, 0.2) is 0 Å². The summed E-state index contributed by atoms with van der Waals surface area (Å²) in [7, 11) is -1.17. The molecule has 0 rings (SSSR count). The van der Waals surface area contributed by atoms with Crippen LogP contribution in [0, 0.1) is 0 Å². The topological polar surface area (TPSA) is 17.1 Å². The average Bonchev–Trinajstić information content (AvgIpc) is 1.31. The molecule has 0 N–H and O–H groups in total. The fourth-order valence-corrected chi connectivity index (χ4v) is 0. The summed E-state index contributed by atoms with van der Waals surface area (Å²) in [6.45, 7) is 0. The molecule has 0 unspecified atom stereocenters. The standard InChI is InChI=1S/C2H3BF3O.Na/c3-1(7)2(4,5)6;/h3H3;/q-1;+1. The van der Waals surface area contributed by atoms with E-state index >= 15 is 0 Å². The van der Waals surface area contributed by atoms with Gasteiger partial charge in [-0.2, -0.15) is 13.2 Å². The van der Waals surface area contributed by atoms with Crippen molar-refractivity contribution in [3.05, 3.63) is 0 Å². The van der Waals surface area contributed by atoms with E-state index in [0.29, 0.717) is 0 Å². The van der Waals surface area contributed by atoms with Crippen molar-refractivity contribution in [2.75, 3.05) is 0 Å². The van der Waals surface area contributed by atoms with Crippen LogP contribution in [-0.4, -0.2) is 19.7 Å². The molecule has 0 saturated carbocycles. The van der Waals surface area contributed by atoms with Crippen molar-refractivity contribution in [2.45, 2.75) is 6.18 Å². The molecule has 0 atom stereocenters. The van der Waals surface area contributed by atoms with Gasteiger partial charge >= 0.3 is 35.7 Å². The van der Waals surface area contributed by atoms with Gasteiger partial charge in [-0.05, 0) is 0 Å². The Morgan fingerprint density at radius 3 is 1.50 bits per heavy atom. The largest absolute Gasteiger partial charge is 1.00 e. The normalized spacial score (nSPS) is 10.0. The van der Waals surface area contributed by atoms with E-state index in [4.69, 9.17) is 0 Å². The van der Waals surface area contributed by atoms with E-state index in [-0.39, 0.29) is 29.6 Å². The number of halogens is 3. The Labute approximate surface area is 67.3 Å². The van der Waals surface area contributed by atoms with Crippen LogP contribution in [0.3, 0.4) is 0 Å². The third-order valence-electron chi connectivity index (χ3n) is 0.116.